The number of anilines is 3. The fourth-order valence-corrected chi connectivity index (χ4v) is 1.56. The fourth-order valence-electron chi connectivity index (χ4n) is 1.56. The van der Waals surface area contributed by atoms with Crippen molar-refractivity contribution in [2.24, 2.45) is 0 Å². The molecule has 16 heavy (non-hydrogen) atoms. The lowest BCUT2D eigenvalue weighted by atomic mass is 10.2. The Morgan fingerprint density at radius 1 is 0.875 bits per heavy atom. The summed E-state index contributed by atoms with van der Waals surface area (Å²) in [5, 5.41) is 9.52. The van der Waals surface area contributed by atoms with Crippen molar-refractivity contribution in [2.75, 3.05) is 17.2 Å². The van der Waals surface area contributed by atoms with Gasteiger partial charge < -0.3 is 22.3 Å². The Labute approximate surface area is 92.7 Å². The highest BCUT2D eigenvalue weighted by atomic mass is 16.3. The molecule has 0 fully saturated rings. The average Bonchev–Trinajstić information content (AvgIpc) is 2.24. The number of phenolic OH excluding ortho intramolecular Hbond substituents is 1. The monoisotopic (exact) mass is 217 g/mol. The Balaban J connectivity index is 2.73. The van der Waals surface area contributed by atoms with Gasteiger partial charge in [-0.15, -0.1) is 0 Å². The number of hydrogen-bond acceptors (Lipinski definition) is 4. The molecule has 0 saturated heterocycles. The number of nitrogen functional groups attached to an aromatic ring is 3. The molecule has 1 aromatic carbocycles. The molecule has 2 rings (SSSR count). The van der Waals surface area contributed by atoms with E-state index in [4.69, 9.17) is 17.2 Å². The van der Waals surface area contributed by atoms with Crippen LogP contribution in [0.25, 0.3) is 5.69 Å². The lowest BCUT2D eigenvalue weighted by Crippen LogP contribution is -2.38. The van der Waals surface area contributed by atoms with Crippen molar-refractivity contribution >= 4 is 17.3 Å². The molecular weight excluding hydrogens is 204 g/mol. The molecule has 0 unspecified atom stereocenters. The molecule has 0 aliphatic carbocycles. The maximum atomic E-state index is 9.52. The number of aromatic nitrogens is 1. The number of hydrogen-bond donors (Lipinski definition) is 4. The van der Waals surface area contributed by atoms with Gasteiger partial charge in [0, 0.05) is 12.1 Å². The predicted molar refractivity (Wildman–Crippen MR) is 62.9 cm³/mol. The van der Waals surface area contributed by atoms with Gasteiger partial charge in [0.25, 0.3) is 0 Å². The summed E-state index contributed by atoms with van der Waals surface area (Å²) >= 11 is 0. The van der Waals surface area contributed by atoms with E-state index < -0.39 is 0 Å². The van der Waals surface area contributed by atoms with E-state index in [1.165, 1.54) is 6.07 Å². The molecular formula is C11H13N4O+. The molecule has 0 aliphatic rings. The molecule has 82 valence electrons. The minimum absolute atomic E-state index is 0.00709. The zero-order valence-electron chi connectivity index (χ0n) is 8.59. The first-order chi connectivity index (χ1) is 7.61. The van der Waals surface area contributed by atoms with Crippen molar-refractivity contribution in [3.63, 3.8) is 0 Å². The molecule has 0 amide bonds. The van der Waals surface area contributed by atoms with Gasteiger partial charge >= 0.3 is 0 Å². The summed E-state index contributed by atoms with van der Waals surface area (Å²) in [7, 11) is 0. The highest BCUT2D eigenvalue weighted by molar-refractivity contribution is 5.63. The molecule has 0 radical (unpaired) electrons. The van der Waals surface area contributed by atoms with E-state index in [9.17, 15) is 5.11 Å². The van der Waals surface area contributed by atoms with Crippen LogP contribution in [0.15, 0.2) is 36.4 Å². The van der Waals surface area contributed by atoms with E-state index in [-0.39, 0.29) is 11.4 Å². The number of aromatic hydroxyl groups is 1. The lowest BCUT2D eigenvalue weighted by molar-refractivity contribution is -0.563. The molecule has 0 saturated carbocycles. The van der Waals surface area contributed by atoms with E-state index in [0.29, 0.717) is 17.3 Å². The number of phenols is 1. The third kappa shape index (κ3) is 1.48. The Bertz CT molecular complexity index is 519. The third-order valence-corrected chi connectivity index (χ3v) is 2.35. The Kier molecular flexibility index (Phi) is 2.28. The van der Waals surface area contributed by atoms with Gasteiger partial charge in [0.2, 0.25) is 11.6 Å². The smallest absolute Gasteiger partial charge is 0.224 e. The number of rotatable bonds is 1. The predicted octanol–water partition coefficient (Wildman–Crippen LogP) is 0.415. The van der Waals surface area contributed by atoms with Gasteiger partial charge in [-0.1, -0.05) is 6.07 Å². The molecule has 0 aliphatic heterocycles. The molecule has 2 aromatic rings. The number of nitrogens with zero attached hydrogens (tertiary/aromatic N) is 1. The Morgan fingerprint density at radius 2 is 1.44 bits per heavy atom. The topological polar surface area (TPSA) is 102 Å². The van der Waals surface area contributed by atoms with Crippen LogP contribution in [0.4, 0.5) is 17.3 Å². The number of nitrogens with two attached hydrogens (primary N) is 3. The van der Waals surface area contributed by atoms with Crippen molar-refractivity contribution < 1.29 is 9.67 Å². The highest BCUT2D eigenvalue weighted by Crippen LogP contribution is 2.24. The largest absolute Gasteiger partial charge is 0.506 e. The minimum Gasteiger partial charge on any atom is -0.506 e. The second-order valence-corrected chi connectivity index (χ2v) is 3.42. The van der Waals surface area contributed by atoms with Gasteiger partial charge in [-0.25, -0.2) is 0 Å². The summed E-state index contributed by atoms with van der Waals surface area (Å²) in [5.41, 5.74) is 18.2. The zero-order valence-corrected chi connectivity index (χ0v) is 8.59. The second kappa shape index (κ2) is 3.62. The van der Waals surface area contributed by atoms with Crippen LogP contribution in [0, 0.1) is 0 Å². The molecule has 7 N–H and O–H groups in total. The van der Waals surface area contributed by atoms with Crippen LogP contribution in [0.5, 0.6) is 5.75 Å². The van der Waals surface area contributed by atoms with Gasteiger partial charge in [0.05, 0.1) is 0 Å². The van der Waals surface area contributed by atoms with Crippen LogP contribution in [0.1, 0.15) is 0 Å². The lowest BCUT2D eigenvalue weighted by Gasteiger charge is -2.10. The number of pyridine rings is 1. The summed E-state index contributed by atoms with van der Waals surface area (Å²) in [6.07, 6.45) is 0. The summed E-state index contributed by atoms with van der Waals surface area (Å²) in [6.45, 7) is 0. The van der Waals surface area contributed by atoms with Crippen LogP contribution in [0.2, 0.25) is 0 Å². The summed E-state index contributed by atoms with van der Waals surface area (Å²) in [4.78, 5) is 0. The van der Waals surface area contributed by atoms with Gasteiger partial charge in [0.1, 0.15) is 17.1 Å². The molecule has 0 atom stereocenters. The SMILES string of the molecule is Nc1c(O)cccc1-[n+]1c(N)cccc1N. The quantitative estimate of drug-likeness (QED) is 0.316. The minimum atomic E-state index is 0.00709. The summed E-state index contributed by atoms with van der Waals surface area (Å²) in [5.74, 6) is 0.919. The van der Waals surface area contributed by atoms with E-state index in [1.807, 2.05) is 0 Å². The molecule has 0 bridgehead atoms. The number of para-hydroxylation sites is 1. The molecule has 1 aromatic heterocycles. The normalized spacial score (nSPS) is 10.2. The van der Waals surface area contributed by atoms with Crippen molar-refractivity contribution in [1.82, 2.24) is 0 Å². The standard InChI is InChI=1S/C11H12N4O/c12-9-5-2-6-10(13)15(9)7-3-1-4-8(16)11(7)14/h1-6H,14H2,(H4,12,13,16)/p+1. The second-order valence-electron chi connectivity index (χ2n) is 3.42. The number of benzene rings is 1. The van der Waals surface area contributed by atoms with E-state index >= 15 is 0 Å². The van der Waals surface area contributed by atoms with Crippen LogP contribution in [-0.4, -0.2) is 5.11 Å². The van der Waals surface area contributed by atoms with Crippen LogP contribution >= 0.6 is 0 Å². The van der Waals surface area contributed by atoms with E-state index in [0.717, 1.165) is 0 Å². The highest BCUT2D eigenvalue weighted by Gasteiger charge is 2.14. The first-order valence-electron chi connectivity index (χ1n) is 4.75. The van der Waals surface area contributed by atoms with Gasteiger partial charge in [-0.05, 0) is 18.2 Å². The van der Waals surface area contributed by atoms with Crippen LogP contribution in [0.3, 0.4) is 0 Å². The first-order valence-corrected chi connectivity index (χ1v) is 4.75. The molecule has 0 spiro atoms. The van der Waals surface area contributed by atoms with Crippen molar-refractivity contribution in [3.8, 4) is 11.4 Å². The summed E-state index contributed by atoms with van der Waals surface area (Å²) in [6, 6.07) is 10.1. The third-order valence-electron chi connectivity index (χ3n) is 2.35. The van der Waals surface area contributed by atoms with E-state index in [1.54, 1.807) is 34.9 Å². The van der Waals surface area contributed by atoms with E-state index in [2.05, 4.69) is 0 Å². The Hall–Kier alpha value is -2.43. The molecule has 5 heteroatoms. The van der Waals surface area contributed by atoms with Gasteiger partial charge in [-0.3, -0.25) is 0 Å². The van der Waals surface area contributed by atoms with Gasteiger partial charge in [0.15, 0.2) is 0 Å². The van der Waals surface area contributed by atoms with Crippen LogP contribution < -0.4 is 21.8 Å². The van der Waals surface area contributed by atoms with Gasteiger partial charge in [-0.2, -0.15) is 4.57 Å². The average molecular weight is 217 g/mol. The zero-order chi connectivity index (χ0) is 11.7. The van der Waals surface area contributed by atoms with Crippen molar-refractivity contribution in [1.29, 1.82) is 0 Å². The fraction of sp³-hybridized carbons (Fsp3) is 0. The first kappa shape index (κ1) is 10.1. The van der Waals surface area contributed by atoms with Crippen LogP contribution in [-0.2, 0) is 0 Å². The van der Waals surface area contributed by atoms with Crippen molar-refractivity contribution in [2.45, 2.75) is 0 Å². The molecule has 1 heterocycles. The summed E-state index contributed by atoms with van der Waals surface area (Å²) < 4.78 is 1.58. The Morgan fingerprint density at radius 3 is 2.06 bits per heavy atom. The van der Waals surface area contributed by atoms with Crippen molar-refractivity contribution in [3.05, 3.63) is 36.4 Å². The maximum absolute atomic E-state index is 9.52. The maximum Gasteiger partial charge on any atom is 0.224 e. The molecule has 5 nitrogen and oxygen atoms in total.